The van der Waals surface area contributed by atoms with Gasteiger partial charge in [-0.05, 0) is 105 Å². The molecular weight excluding hydrogens is 372 g/mol. The Morgan fingerprint density at radius 3 is 1.52 bits per heavy atom. The highest BCUT2D eigenvalue weighted by Gasteiger charge is 2.16. The molecule has 158 valence electrons. The summed E-state index contributed by atoms with van der Waals surface area (Å²) in [5.74, 6) is 0. The molecular formula is C31H34. The molecule has 0 aliphatic carbocycles. The molecule has 4 rings (SSSR count). The third-order valence-electron chi connectivity index (χ3n) is 6.66. The summed E-state index contributed by atoms with van der Waals surface area (Å²) < 4.78 is 0. The van der Waals surface area contributed by atoms with Crippen molar-refractivity contribution in [3.8, 4) is 0 Å². The molecule has 0 heterocycles. The van der Waals surface area contributed by atoms with Gasteiger partial charge in [0, 0.05) is 0 Å². The van der Waals surface area contributed by atoms with Crippen LogP contribution in [0.5, 0.6) is 0 Å². The smallest absolute Gasteiger partial charge is 0.0136 e. The molecule has 0 aliphatic heterocycles. The molecule has 0 aliphatic rings. The van der Waals surface area contributed by atoms with Gasteiger partial charge in [-0.1, -0.05) is 82.7 Å². The van der Waals surface area contributed by atoms with Gasteiger partial charge in [-0.25, -0.2) is 0 Å². The van der Waals surface area contributed by atoms with Gasteiger partial charge in [-0.3, -0.25) is 0 Å². The van der Waals surface area contributed by atoms with Gasteiger partial charge >= 0.3 is 0 Å². The number of rotatable bonds is 9. The van der Waals surface area contributed by atoms with Gasteiger partial charge < -0.3 is 0 Å². The minimum Gasteiger partial charge on any atom is -0.0984 e. The molecule has 4 aromatic rings. The van der Waals surface area contributed by atoms with E-state index in [1.165, 1.54) is 86.7 Å². The van der Waals surface area contributed by atoms with Crippen LogP contribution in [0.25, 0.3) is 44.5 Å². The van der Waals surface area contributed by atoms with E-state index in [1.807, 2.05) is 12.2 Å². The predicted octanol–water partition coefficient (Wildman–Crippen LogP) is 9.51. The predicted molar refractivity (Wildman–Crippen MR) is 141 cm³/mol. The summed E-state index contributed by atoms with van der Waals surface area (Å²) in [6.45, 7) is 12.7. The zero-order chi connectivity index (χ0) is 21.8. The Morgan fingerprint density at radius 2 is 1.06 bits per heavy atom. The Labute approximate surface area is 187 Å². The first-order chi connectivity index (χ1) is 15.2. The van der Waals surface area contributed by atoms with Crippen LogP contribution in [0.15, 0.2) is 61.7 Å². The molecule has 0 radical (unpaired) electrons. The van der Waals surface area contributed by atoms with Crippen molar-refractivity contribution in [3.63, 3.8) is 0 Å². The molecule has 0 aromatic heterocycles. The first-order valence-corrected chi connectivity index (χ1v) is 11.9. The van der Waals surface area contributed by atoms with Crippen molar-refractivity contribution in [2.24, 2.45) is 0 Å². The van der Waals surface area contributed by atoms with Crippen LogP contribution in [0, 0.1) is 0 Å². The lowest BCUT2D eigenvalue weighted by Gasteiger charge is -2.19. The van der Waals surface area contributed by atoms with Gasteiger partial charge in [0.15, 0.2) is 0 Å². The quantitative estimate of drug-likeness (QED) is 0.192. The zero-order valence-corrected chi connectivity index (χ0v) is 19.1. The number of hydrogen-bond acceptors (Lipinski definition) is 0. The van der Waals surface area contributed by atoms with Crippen molar-refractivity contribution in [3.05, 3.63) is 83.9 Å². The lowest BCUT2D eigenvalue weighted by molar-refractivity contribution is 0.721. The second-order valence-electron chi connectivity index (χ2n) is 8.70. The molecule has 0 atom stereocenters. The molecule has 0 nitrogen and oxygen atoms in total. The van der Waals surface area contributed by atoms with Crippen LogP contribution in [0.3, 0.4) is 0 Å². The Bertz CT molecular complexity index is 1260. The fourth-order valence-corrected chi connectivity index (χ4v) is 4.96. The normalized spacial score (nSPS) is 11.4. The maximum Gasteiger partial charge on any atom is -0.0136 e. The number of aryl methyl sites for hydroxylation is 2. The first kappa shape index (κ1) is 21.4. The van der Waals surface area contributed by atoms with Crippen molar-refractivity contribution in [1.29, 1.82) is 0 Å². The summed E-state index contributed by atoms with van der Waals surface area (Å²) in [7, 11) is 0. The van der Waals surface area contributed by atoms with Crippen LogP contribution >= 0.6 is 0 Å². The van der Waals surface area contributed by atoms with Gasteiger partial charge in [-0.2, -0.15) is 0 Å². The van der Waals surface area contributed by atoms with Crippen molar-refractivity contribution in [2.75, 3.05) is 0 Å². The van der Waals surface area contributed by atoms with E-state index in [1.54, 1.807) is 0 Å². The molecule has 0 amide bonds. The van der Waals surface area contributed by atoms with E-state index in [2.05, 4.69) is 75.5 Å². The average Bonchev–Trinajstić information content (AvgIpc) is 2.81. The van der Waals surface area contributed by atoms with Crippen LogP contribution < -0.4 is 0 Å². The highest BCUT2D eigenvalue weighted by Crippen LogP contribution is 2.38. The summed E-state index contributed by atoms with van der Waals surface area (Å²) in [6, 6.07) is 18.4. The Morgan fingerprint density at radius 1 is 0.613 bits per heavy atom. The third-order valence-corrected chi connectivity index (χ3v) is 6.66. The SMILES string of the molecule is C=Cc1cc2c(CCCC)c3cc4ccccc4cc3c(CCCCC)c2cc1C=C. The number of unbranched alkanes of at least 4 members (excludes halogenated alkanes) is 3. The van der Waals surface area contributed by atoms with Gasteiger partial charge in [0.25, 0.3) is 0 Å². The Kier molecular flexibility index (Phi) is 6.56. The fourth-order valence-electron chi connectivity index (χ4n) is 4.96. The molecule has 0 saturated carbocycles. The molecule has 0 saturated heterocycles. The largest absolute Gasteiger partial charge is 0.0984 e. The van der Waals surface area contributed by atoms with Crippen molar-refractivity contribution < 1.29 is 0 Å². The minimum atomic E-state index is 1.11. The van der Waals surface area contributed by atoms with Crippen LogP contribution in [0.1, 0.15) is 68.2 Å². The molecule has 0 fully saturated rings. The molecule has 0 bridgehead atoms. The Hall–Kier alpha value is -2.86. The lowest BCUT2D eigenvalue weighted by atomic mass is 9.84. The zero-order valence-electron chi connectivity index (χ0n) is 19.1. The summed E-state index contributed by atoms with van der Waals surface area (Å²) in [6.07, 6.45) is 12.3. The van der Waals surface area contributed by atoms with Gasteiger partial charge in [0.05, 0.1) is 0 Å². The number of hydrogen-bond donors (Lipinski definition) is 0. The summed E-state index contributed by atoms with van der Waals surface area (Å²) >= 11 is 0. The van der Waals surface area contributed by atoms with Gasteiger partial charge in [0.1, 0.15) is 0 Å². The third kappa shape index (κ3) is 4.04. The standard InChI is InChI=1S/C31H34/c1-5-9-11-17-27-29-19-23(8-4)22(7-3)18-28(29)26(16-10-6-2)30-20-24-14-12-13-15-25(24)21-31(27)30/h7-8,12-15,18-21H,3-6,9-11,16-17H2,1-2H3. The van der Waals surface area contributed by atoms with E-state index < -0.39 is 0 Å². The average molecular weight is 407 g/mol. The molecule has 0 heteroatoms. The number of fused-ring (bicyclic) bond motifs is 3. The topological polar surface area (TPSA) is 0 Å². The van der Waals surface area contributed by atoms with E-state index in [4.69, 9.17) is 0 Å². The van der Waals surface area contributed by atoms with E-state index in [-0.39, 0.29) is 0 Å². The second kappa shape index (κ2) is 9.52. The van der Waals surface area contributed by atoms with Crippen molar-refractivity contribution >= 4 is 44.5 Å². The van der Waals surface area contributed by atoms with E-state index in [9.17, 15) is 0 Å². The second-order valence-corrected chi connectivity index (χ2v) is 8.70. The highest BCUT2D eigenvalue weighted by atomic mass is 14.2. The van der Waals surface area contributed by atoms with Crippen LogP contribution in [-0.2, 0) is 12.8 Å². The lowest BCUT2D eigenvalue weighted by Crippen LogP contribution is -1.99. The molecule has 0 unspecified atom stereocenters. The van der Waals surface area contributed by atoms with Crippen molar-refractivity contribution in [1.82, 2.24) is 0 Å². The van der Waals surface area contributed by atoms with E-state index >= 15 is 0 Å². The maximum atomic E-state index is 4.08. The molecule has 0 spiro atoms. The van der Waals surface area contributed by atoms with Crippen LogP contribution in [0.2, 0.25) is 0 Å². The van der Waals surface area contributed by atoms with Crippen molar-refractivity contribution in [2.45, 2.75) is 58.8 Å². The highest BCUT2D eigenvalue weighted by molar-refractivity contribution is 6.11. The maximum absolute atomic E-state index is 4.08. The summed E-state index contributed by atoms with van der Waals surface area (Å²) in [5, 5.41) is 8.36. The molecule has 0 N–H and O–H groups in total. The van der Waals surface area contributed by atoms with E-state index in [0.717, 1.165) is 12.8 Å². The molecule has 4 aromatic carbocycles. The minimum absolute atomic E-state index is 1.11. The van der Waals surface area contributed by atoms with Crippen LogP contribution in [-0.4, -0.2) is 0 Å². The van der Waals surface area contributed by atoms with E-state index in [0.29, 0.717) is 0 Å². The monoisotopic (exact) mass is 406 g/mol. The molecule has 31 heavy (non-hydrogen) atoms. The Balaban J connectivity index is 2.15. The van der Waals surface area contributed by atoms with Gasteiger partial charge in [-0.15, -0.1) is 0 Å². The van der Waals surface area contributed by atoms with Gasteiger partial charge in [0.2, 0.25) is 0 Å². The summed E-state index contributed by atoms with van der Waals surface area (Å²) in [5.41, 5.74) is 5.36. The number of benzene rings is 4. The van der Waals surface area contributed by atoms with Crippen LogP contribution in [0.4, 0.5) is 0 Å². The first-order valence-electron chi connectivity index (χ1n) is 11.9. The fraction of sp³-hybridized carbons (Fsp3) is 0.290. The summed E-state index contributed by atoms with van der Waals surface area (Å²) in [4.78, 5) is 0.